The van der Waals surface area contributed by atoms with Gasteiger partial charge in [0.1, 0.15) is 0 Å². The first-order chi connectivity index (χ1) is 8.07. The summed E-state index contributed by atoms with van der Waals surface area (Å²) in [5.74, 6) is 0. The molecule has 1 aromatic heterocycles. The normalized spacial score (nSPS) is 13.0. The van der Waals surface area contributed by atoms with Gasteiger partial charge in [0, 0.05) is 23.8 Å². The molecule has 1 atom stereocenters. The molecular weight excluding hydrogens is 210 g/mol. The standard InChI is InChI=1S/C14H27N3/c1-5-6-7-8-9-10-17-13(4)14(11(2)15)12(3)16-17/h11H,5-10,15H2,1-4H3. The molecule has 0 aliphatic carbocycles. The van der Waals surface area contributed by atoms with Gasteiger partial charge in [0.2, 0.25) is 0 Å². The highest BCUT2D eigenvalue weighted by molar-refractivity contribution is 5.27. The number of nitrogens with zero attached hydrogens (tertiary/aromatic N) is 2. The number of nitrogens with two attached hydrogens (primary N) is 1. The number of aryl methyl sites for hydroxylation is 2. The van der Waals surface area contributed by atoms with Gasteiger partial charge in [-0.1, -0.05) is 32.6 Å². The zero-order chi connectivity index (χ0) is 12.8. The van der Waals surface area contributed by atoms with E-state index >= 15 is 0 Å². The Morgan fingerprint density at radius 1 is 1.18 bits per heavy atom. The summed E-state index contributed by atoms with van der Waals surface area (Å²) in [5, 5.41) is 4.59. The van der Waals surface area contributed by atoms with E-state index in [9.17, 15) is 0 Å². The van der Waals surface area contributed by atoms with E-state index in [1.165, 1.54) is 43.4 Å². The molecule has 1 unspecified atom stereocenters. The lowest BCUT2D eigenvalue weighted by molar-refractivity contribution is 0.522. The second-order valence-electron chi connectivity index (χ2n) is 5.01. The van der Waals surface area contributed by atoms with E-state index < -0.39 is 0 Å². The Morgan fingerprint density at radius 2 is 1.82 bits per heavy atom. The zero-order valence-corrected chi connectivity index (χ0v) is 11.8. The summed E-state index contributed by atoms with van der Waals surface area (Å²) >= 11 is 0. The van der Waals surface area contributed by atoms with Crippen molar-refractivity contribution in [2.24, 2.45) is 5.73 Å². The van der Waals surface area contributed by atoms with E-state index in [1.54, 1.807) is 0 Å². The van der Waals surface area contributed by atoms with Crippen LogP contribution in [0.1, 0.15) is 68.9 Å². The van der Waals surface area contributed by atoms with Crippen LogP contribution in [-0.2, 0) is 6.54 Å². The number of rotatable bonds is 7. The largest absolute Gasteiger partial charge is 0.324 e. The minimum absolute atomic E-state index is 0.0869. The molecule has 0 saturated heterocycles. The molecule has 1 aromatic rings. The minimum atomic E-state index is 0.0869. The fourth-order valence-electron chi connectivity index (χ4n) is 2.45. The van der Waals surface area contributed by atoms with Crippen LogP contribution >= 0.6 is 0 Å². The lowest BCUT2D eigenvalue weighted by atomic mass is 10.1. The fourth-order valence-corrected chi connectivity index (χ4v) is 2.45. The summed E-state index contributed by atoms with van der Waals surface area (Å²) in [6, 6.07) is 0.0869. The molecule has 17 heavy (non-hydrogen) atoms. The average molecular weight is 237 g/mol. The van der Waals surface area contributed by atoms with E-state index in [4.69, 9.17) is 5.73 Å². The van der Waals surface area contributed by atoms with E-state index in [1.807, 2.05) is 6.92 Å². The Morgan fingerprint density at radius 3 is 2.35 bits per heavy atom. The van der Waals surface area contributed by atoms with Gasteiger partial charge >= 0.3 is 0 Å². The fraction of sp³-hybridized carbons (Fsp3) is 0.786. The van der Waals surface area contributed by atoms with Crippen LogP contribution in [0.4, 0.5) is 0 Å². The predicted molar refractivity (Wildman–Crippen MR) is 73.1 cm³/mol. The Labute approximate surface area is 105 Å². The summed E-state index contributed by atoms with van der Waals surface area (Å²) in [6.45, 7) is 9.49. The molecule has 3 nitrogen and oxygen atoms in total. The van der Waals surface area contributed by atoms with Crippen molar-refractivity contribution in [1.29, 1.82) is 0 Å². The van der Waals surface area contributed by atoms with Gasteiger partial charge in [0.05, 0.1) is 5.69 Å². The molecular formula is C14H27N3. The molecule has 0 saturated carbocycles. The van der Waals surface area contributed by atoms with Crippen LogP contribution in [0.25, 0.3) is 0 Å². The Balaban J connectivity index is 2.52. The maximum Gasteiger partial charge on any atom is 0.0644 e. The lowest BCUT2D eigenvalue weighted by Crippen LogP contribution is -2.08. The van der Waals surface area contributed by atoms with Crippen LogP contribution in [0.2, 0.25) is 0 Å². The molecule has 0 radical (unpaired) electrons. The molecule has 1 heterocycles. The van der Waals surface area contributed by atoms with Gasteiger partial charge in [-0.05, 0) is 27.2 Å². The van der Waals surface area contributed by atoms with Gasteiger partial charge in [-0.2, -0.15) is 5.10 Å². The molecule has 0 amide bonds. The molecule has 0 spiro atoms. The molecule has 1 rings (SSSR count). The third-order valence-corrected chi connectivity index (χ3v) is 3.37. The molecule has 0 bridgehead atoms. The van der Waals surface area contributed by atoms with Crippen LogP contribution in [0.3, 0.4) is 0 Å². The smallest absolute Gasteiger partial charge is 0.0644 e. The van der Waals surface area contributed by atoms with Gasteiger partial charge in [-0.25, -0.2) is 0 Å². The molecule has 98 valence electrons. The predicted octanol–water partition coefficient (Wildman–Crippen LogP) is 3.49. The first kappa shape index (κ1) is 14.2. The third kappa shape index (κ3) is 3.84. The van der Waals surface area contributed by atoms with E-state index in [2.05, 4.69) is 30.6 Å². The Hall–Kier alpha value is -0.830. The monoisotopic (exact) mass is 237 g/mol. The SMILES string of the molecule is CCCCCCCn1nc(C)c(C(C)N)c1C. The van der Waals surface area contributed by atoms with Crippen molar-refractivity contribution < 1.29 is 0 Å². The quantitative estimate of drug-likeness (QED) is 0.738. The van der Waals surface area contributed by atoms with Gasteiger partial charge in [-0.3, -0.25) is 4.68 Å². The van der Waals surface area contributed by atoms with Crippen molar-refractivity contribution in [2.45, 2.75) is 72.4 Å². The van der Waals surface area contributed by atoms with Crippen molar-refractivity contribution in [1.82, 2.24) is 9.78 Å². The Kier molecular flexibility index (Phi) is 5.69. The maximum absolute atomic E-state index is 5.97. The molecule has 0 fully saturated rings. The van der Waals surface area contributed by atoms with Crippen LogP contribution < -0.4 is 5.73 Å². The zero-order valence-electron chi connectivity index (χ0n) is 11.8. The first-order valence-electron chi connectivity index (χ1n) is 6.87. The second kappa shape index (κ2) is 6.80. The van der Waals surface area contributed by atoms with E-state index in [0.29, 0.717) is 0 Å². The van der Waals surface area contributed by atoms with Crippen LogP contribution in [0.5, 0.6) is 0 Å². The summed E-state index contributed by atoms with van der Waals surface area (Å²) in [6.07, 6.45) is 6.52. The highest BCUT2D eigenvalue weighted by Gasteiger charge is 2.13. The summed E-state index contributed by atoms with van der Waals surface area (Å²) in [7, 11) is 0. The number of aromatic nitrogens is 2. The van der Waals surface area contributed by atoms with Crippen molar-refractivity contribution in [3.8, 4) is 0 Å². The van der Waals surface area contributed by atoms with Gasteiger partial charge < -0.3 is 5.73 Å². The summed E-state index contributed by atoms with van der Waals surface area (Å²) in [4.78, 5) is 0. The number of unbranched alkanes of at least 4 members (excludes halogenated alkanes) is 4. The van der Waals surface area contributed by atoms with Gasteiger partial charge in [0.15, 0.2) is 0 Å². The van der Waals surface area contributed by atoms with Gasteiger partial charge in [-0.15, -0.1) is 0 Å². The summed E-state index contributed by atoms with van der Waals surface area (Å²) in [5.41, 5.74) is 9.52. The highest BCUT2D eigenvalue weighted by atomic mass is 15.3. The maximum atomic E-state index is 5.97. The van der Waals surface area contributed by atoms with Crippen molar-refractivity contribution in [2.75, 3.05) is 0 Å². The lowest BCUT2D eigenvalue weighted by Gasteiger charge is -2.07. The van der Waals surface area contributed by atoms with Crippen LogP contribution in [0.15, 0.2) is 0 Å². The summed E-state index contributed by atoms with van der Waals surface area (Å²) < 4.78 is 2.12. The first-order valence-corrected chi connectivity index (χ1v) is 6.87. The minimum Gasteiger partial charge on any atom is -0.324 e. The molecule has 0 aliphatic rings. The molecule has 0 aliphatic heterocycles. The molecule has 0 aromatic carbocycles. The second-order valence-corrected chi connectivity index (χ2v) is 5.01. The number of hydrogen-bond acceptors (Lipinski definition) is 2. The van der Waals surface area contributed by atoms with E-state index in [-0.39, 0.29) is 6.04 Å². The highest BCUT2D eigenvalue weighted by Crippen LogP contribution is 2.19. The average Bonchev–Trinajstić information content (AvgIpc) is 2.53. The molecule has 2 N–H and O–H groups in total. The van der Waals surface area contributed by atoms with Crippen LogP contribution in [-0.4, -0.2) is 9.78 Å². The molecule has 3 heteroatoms. The Bertz CT molecular complexity index is 339. The van der Waals surface area contributed by atoms with Crippen molar-refractivity contribution >= 4 is 0 Å². The van der Waals surface area contributed by atoms with Crippen LogP contribution in [0, 0.1) is 13.8 Å². The topological polar surface area (TPSA) is 43.8 Å². The van der Waals surface area contributed by atoms with Crippen molar-refractivity contribution in [3.05, 3.63) is 17.0 Å². The van der Waals surface area contributed by atoms with Gasteiger partial charge in [0.25, 0.3) is 0 Å². The third-order valence-electron chi connectivity index (χ3n) is 3.37. The number of hydrogen-bond donors (Lipinski definition) is 1. The van der Waals surface area contributed by atoms with E-state index in [0.717, 1.165) is 12.2 Å². The van der Waals surface area contributed by atoms with Crippen molar-refractivity contribution in [3.63, 3.8) is 0 Å².